The third kappa shape index (κ3) is 5.82. The molecule has 1 aliphatic rings. The predicted octanol–water partition coefficient (Wildman–Crippen LogP) is 4.06. The van der Waals surface area contributed by atoms with E-state index in [2.05, 4.69) is 20.5 Å². The van der Waals surface area contributed by atoms with Crippen LogP contribution >= 0.6 is 11.6 Å². The van der Waals surface area contributed by atoms with E-state index in [1.54, 1.807) is 26.0 Å². The Bertz CT molecular complexity index is 1330. The maximum Gasteiger partial charge on any atom is 0.416 e. The Morgan fingerprint density at radius 2 is 1.94 bits per heavy atom. The van der Waals surface area contributed by atoms with Gasteiger partial charge in [-0.05, 0) is 63.2 Å². The Hall–Kier alpha value is -3.11. The number of anilines is 1. The lowest BCUT2D eigenvalue weighted by atomic mass is 10.1. The maximum atomic E-state index is 13.7. The van der Waals surface area contributed by atoms with Gasteiger partial charge in [0.2, 0.25) is 5.91 Å². The average molecular weight is 522 g/mol. The van der Waals surface area contributed by atoms with Crippen molar-refractivity contribution in [3.8, 4) is 11.4 Å². The van der Waals surface area contributed by atoms with Gasteiger partial charge in [0.05, 0.1) is 16.5 Å². The molecule has 4 rings (SSSR count). The molecule has 36 heavy (non-hydrogen) atoms. The monoisotopic (exact) mass is 521 g/mol. The van der Waals surface area contributed by atoms with Gasteiger partial charge in [-0.25, -0.2) is 4.98 Å². The first-order chi connectivity index (χ1) is 17.0. The van der Waals surface area contributed by atoms with Crippen LogP contribution in [0.1, 0.15) is 25.8 Å². The van der Waals surface area contributed by atoms with Gasteiger partial charge in [0, 0.05) is 41.9 Å². The van der Waals surface area contributed by atoms with Gasteiger partial charge < -0.3 is 15.5 Å². The molecule has 0 aliphatic carbocycles. The lowest BCUT2D eigenvalue weighted by molar-refractivity contribution is -0.137. The molecule has 0 atom stereocenters. The van der Waals surface area contributed by atoms with Crippen LogP contribution < -0.4 is 21.1 Å². The number of alkyl halides is 3. The Balaban J connectivity index is 1.89. The fourth-order valence-electron chi connectivity index (χ4n) is 4.27. The van der Waals surface area contributed by atoms with Crippen molar-refractivity contribution in [2.24, 2.45) is 0 Å². The summed E-state index contributed by atoms with van der Waals surface area (Å²) in [6, 6.07) is 8.07. The van der Waals surface area contributed by atoms with E-state index in [0.29, 0.717) is 5.52 Å². The molecule has 1 saturated heterocycles. The van der Waals surface area contributed by atoms with Gasteiger partial charge >= 0.3 is 6.18 Å². The molecule has 2 N–H and O–H groups in total. The van der Waals surface area contributed by atoms with Crippen molar-refractivity contribution in [1.29, 1.82) is 0 Å². The van der Waals surface area contributed by atoms with Crippen LogP contribution in [0.2, 0.25) is 5.02 Å². The van der Waals surface area contributed by atoms with Crippen LogP contribution in [0.3, 0.4) is 0 Å². The summed E-state index contributed by atoms with van der Waals surface area (Å²) in [6.45, 7) is 6.45. The number of carbonyl (C=O) groups is 1. The van der Waals surface area contributed by atoms with Crippen LogP contribution in [0.15, 0.2) is 41.2 Å². The first-order valence-electron chi connectivity index (χ1n) is 11.7. The molecule has 7 nitrogen and oxygen atoms in total. The summed E-state index contributed by atoms with van der Waals surface area (Å²) in [4.78, 5) is 33.0. The van der Waals surface area contributed by atoms with Gasteiger partial charge in [-0.2, -0.15) is 13.2 Å². The number of amides is 1. The minimum atomic E-state index is -4.65. The normalized spacial score (nSPS) is 14.8. The molecule has 11 heteroatoms. The summed E-state index contributed by atoms with van der Waals surface area (Å²) < 4.78 is 41.5. The second-order valence-corrected chi connectivity index (χ2v) is 9.50. The Morgan fingerprint density at radius 1 is 1.17 bits per heavy atom. The number of aromatic nitrogens is 2. The highest BCUT2D eigenvalue weighted by Gasteiger charge is 2.32. The smallest absolute Gasteiger partial charge is 0.370 e. The topological polar surface area (TPSA) is 79.3 Å². The fourth-order valence-corrected chi connectivity index (χ4v) is 4.51. The van der Waals surface area contributed by atoms with Crippen LogP contribution in [0.25, 0.3) is 22.3 Å². The van der Waals surface area contributed by atoms with Gasteiger partial charge in [0.25, 0.3) is 5.56 Å². The quantitative estimate of drug-likeness (QED) is 0.529. The zero-order chi connectivity index (χ0) is 26.0. The van der Waals surface area contributed by atoms with Crippen LogP contribution in [-0.2, 0) is 17.5 Å². The van der Waals surface area contributed by atoms with Crippen molar-refractivity contribution in [2.45, 2.75) is 39.0 Å². The molecule has 1 aliphatic heterocycles. The number of benzene rings is 2. The molecule has 0 radical (unpaired) electrons. The molecule has 0 unspecified atom stereocenters. The zero-order valence-electron chi connectivity index (χ0n) is 20.0. The number of rotatable bonds is 5. The number of hydrogen-bond donors (Lipinski definition) is 2. The largest absolute Gasteiger partial charge is 0.416 e. The maximum absolute atomic E-state index is 13.7. The second-order valence-electron chi connectivity index (χ2n) is 9.07. The van der Waals surface area contributed by atoms with E-state index in [-0.39, 0.29) is 27.8 Å². The van der Waals surface area contributed by atoms with Crippen molar-refractivity contribution < 1.29 is 18.0 Å². The standard InChI is InChI=1S/C25H27ClF3N5O2/c1-15(2)31-22(35)14-34-23(16-10-17(25(27,28)29)12-18(26)11-16)32-21-5-4-19(13-20(21)24(34)36)33-8-3-6-30-7-9-33/h4-5,10-13,15,30H,3,6-9,14H2,1-2H3,(H,31,35). The van der Waals surface area contributed by atoms with Crippen molar-refractivity contribution in [1.82, 2.24) is 20.2 Å². The van der Waals surface area contributed by atoms with Crippen LogP contribution in [0.5, 0.6) is 0 Å². The molecule has 1 aromatic heterocycles. The van der Waals surface area contributed by atoms with Gasteiger partial charge in [-0.3, -0.25) is 14.2 Å². The molecule has 0 spiro atoms. The number of halogens is 4. The molecule has 1 fully saturated rings. The minimum Gasteiger partial charge on any atom is -0.370 e. The third-order valence-corrected chi connectivity index (χ3v) is 6.10. The first kappa shape index (κ1) is 26.0. The van der Waals surface area contributed by atoms with Crippen LogP contribution in [0, 0.1) is 0 Å². The molecule has 2 heterocycles. The van der Waals surface area contributed by atoms with E-state index in [1.807, 2.05) is 6.07 Å². The molecule has 1 amide bonds. The highest BCUT2D eigenvalue weighted by atomic mass is 35.5. The number of nitrogens with one attached hydrogen (secondary N) is 2. The minimum absolute atomic E-state index is 0.00570. The summed E-state index contributed by atoms with van der Waals surface area (Å²) in [6.07, 6.45) is -3.70. The van der Waals surface area contributed by atoms with E-state index < -0.39 is 29.8 Å². The van der Waals surface area contributed by atoms with E-state index in [4.69, 9.17) is 11.6 Å². The summed E-state index contributed by atoms with van der Waals surface area (Å²) in [7, 11) is 0. The zero-order valence-corrected chi connectivity index (χ0v) is 20.7. The summed E-state index contributed by atoms with van der Waals surface area (Å²) in [5.74, 6) is -0.520. The second kappa shape index (κ2) is 10.5. The van der Waals surface area contributed by atoms with Gasteiger partial charge in [-0.15, -0.1) is 0 Å². The summed E-state index contributed by atoms with van der Waals surface area (Å²) >= 11 is 6.01. The highest BCUT2D eigenvalue weighted by molar-refractivity contribution is 6.31. The van der Waals surface area contributed by atoms with Crippen molar-refractivity contribution in [3.05, 3.63) is 57.3 Å². The van der Waals surface area contributed by atoms with Gasteiger partial charge in [0.15, 0.2) is 0 Å². The van der Waals surface area contributed by atoms with E-state index in [1.165, 1.54) is 6.07 Å². The van der Waals surface area contributed by atoms with Crippen molar-refractivity contribution in [2.75, 3.05) is 31.1 Å². The lowest BCUT2D eigenvalue weighted by Crippen LogP contribution is -2.37. The van der Waals surface area contributed by atoms with E-state index in [9.17, 15) is 22.8 Å². The van der Waals surface area contributed by atoms with Crippen molar-refractivity contribution in [3.63, 3.8) is 0 Å². The molecular weight excluding hydrogens is 495 g/mol. The Labute approximate surface area is 211 Å². The van der Waals surface area contributed by atoms with Crippen LogP contribution in [-0.4, -0.2) is 47.7 Å². The molecule has 0 saturated carbocycles. The van der Waals surface area contributed by atoms with Gasteiger partial charge in [0.1, 0.15) is 12.4 Å². The molecular formula is C25H27ClF3N5O2. The lowest BCUT2D eigenvalue weighted by Gasteiger charge is -2.23. The molecule has 2 aromatic carbocycles. The molecule has 192 valence electrons. The van der Waals surface area contributed by atoms with E-state index in [0.717, 1.165) is 55.0 Å². The van der Waals surface area contributed by atoms with E-state index >= 15 is 0 Å². The SMILES string of the molecule is CC(C)NC(=O)Cn1c(-c2cc(Cl)cc(C(F)(F)F)c2)nc2ccc(N3CCCNCC3)cc2c1=O. The summed E-state index contributed by atoms with van der Waals surface area (Å²) in [5, 5.41) is 6.17. The first-order valence-corrected chi connectivity index (χ1v) is 12.1. The van der Waals surface area contributed by atoms with Crippen molar-refractivity contribution >= 4 is 34.1 Å². The molecule has 3 aromatic rings. The van der Waals surface area contributed by atoms with Gasteiger partial charge in [-0.1, -0.05) is 11.6 Å². The number of hydrogen-bond acceptors (Lipinski definition) is 5. The predicted molar refractivity (Wildman–Crippen MR) is 134 cm³/mol. The third-order valence-electron chi connectivity index (χ3n) is 5.88. The average Bonchev–Trinajstić information content (AvgIpc) is 3.09. The Morgan fingerprint density at radius 3 is 2.67 bits per heavy atom. The fraction of sp³-hybridized carbons (Fsp3) is 0.400. The number of nitrogens with zero attached hydrogens (tertiary/aromatic N) is 3. The number of fused-ring (bicyclic) bond motifs is 1. The summed E-state index contributed by atoms with van der Waals surface area (Å²) in [5.41, 5.74) is -0.326. The Kier molecular flexibility index (Phi) is 7.56. The highest BCUT2D eigenvalue weighted by Crippen LogP contribution is 2.34. The van der Waals surface area contributed by atoms with Crippen LogP contribution in [0.4, 0.5) is 18.9 Å². The number of carbonyl (C=O) groups excluding carboxylic acids is 1. The molecule has 0 bridgehead atoms.